The number of hydrogen-bond acceptors (Lipinski definition) is 5. The second-order valence-electron chi connectivity index (χ2n) is 8.06. The van der Waals surface area contributed by atoms with Crippen molar-refractivity contribution in [1.29, 1.82) is 0 Å². The van der Waals surface area contributed by atoms with Crippen molar-refractivity contribution >= 4 is 38.7 Å². The molecule has 9 heteroatoms. The van der Waals surface area contributed by atoms with Crippen LogP contribution in [0.3, 0.4) is 0 Å². The molecule has 0 spiro atoms. The number of carbonyl (C=O) groups is 1. The first-order valence-electron chi connectivity index (χ1n) is 11.2. The van der Waals surface area contributed by atoms with Gasteiger partial charge in [-0.25, -0.2) is 13.4 Å². The van der Waals surface area contributed by atoms with E-state index in [0.717, 1.165) is 16.6 Å². The van der Waals surface area contributed by atoms with Crippen LogP contribution >= 0.6 is 0 Å². The van der Waals surface area contributed by atoms with Crippen molar-refractivity contribution < 1.29 is 17.9 Å². The van der Waals surface area contributed by atoms with Crippen LogP contribution in [0, 0.1) is 0 Å². The molecule has 8 nitrogen and oxygen atoms in total. The molecule has 5 rings (SSSR count). The number of hydrogen-bond donors (Lipinski definition) is 2. The minimum atomic E-state index is -3.55. The van der Waals surface area contributed by atoms with Crippen LogP contribution in [0.4, 0.5) is 5.69 Å². The lowest BCUT2D eigenvalue weighted by Gasteiger charge is -2.26. The van der Waals surface area contributed by atoms with E-state index in [1.54, 1.807) is 30.3 Å². The molecule has 35 heavy (non-hydrogen) atoms. The molecule has 1 aromatic heterocycles. The molecule has 3 aromatic carbocycles. The summed E-state index contributed by atoms with van der Waals surface area (Å²) in [6.45, 7) is 1.49. The number of nitrogens with zero attached hydrogens (tertiary/aromatic N) is 2. The molecule has 1 aliphatic rings. The van der Waals surface area contributed by atoms with Crippen molar-refractivity contribution in [3.8, 4) is 11.4 Å². The lowest BCUT2D eigenvalue weighted by atomic mass is 10.1. The summed E-state index contributed by atoms with van der Waals surface area (Å²) in [5.41, 5.74) is 3.90. The quantitative estimate of drug-likeness (QED) is 0.401. The second kappa shape index (κ2) is 9.83. The third-order valence-electron chi connectivity index (χ3n) is 5.74. The Hall–Kier alpha value is -3.79. The van der Waals surface area contributed by atoms with Crippen LogP contribution in [0.5, 0.6) is 0 Å². The summed E-state index contributed by atoms with van der Waals surface area (Å²) in [5, 5.41) is 2.90. The number of aromatic nitrogens is 2. The monoisotopic (exact) mass is 488 g/mol. The van der Waals surface area contributed by atoms with E-state index >= 15 is 0 Å². The average Bonchev–Trinajstić information content (AvgIpc) is 3.33. The Bertz CT molecular complexity index is 1450. The average molecular weight is 489 g/mol. The molecule has 0 aliphatic carbocycles. The summed E-state index contributed by atoms with van der Waals surface area (Å²) in [5.74, 6) is 0.363. The number of fused-ring (bicyclic) bond motifs is 1. The molecule has 4 aromatic rings. The molecule has 2 N–H and O–H groups in total. The summed E-state index contributed by atoms with van der Waals surface area (Å²) in [6.07, 6.45) is 3.06. The number of benzene rings is 3. The molecule has 0 atom stereocenters. The highest BCUT2D eigenvalue weighted by atomic mass is 32.2. The number of amides is 1. The van der Waals surface area contributed by atoms with Crippen molar-refractivity contribution in [2.45, 2.75) is 4.90 Å². The van der Waals surface area contributed by atoms with E-state index < -0.39 is 10.0 Å². The minimum Gasteiger partial charge on any atom is -0.379 e. The second-order valence-corrected chi connectivity index (χ2v) is 9.99. The molecule has 2 heterocycles. The molecule has 0 saturated carbocycles. The van der Waals surface area contributed by atoms with E-state index in [9.17, 15) is 13.2 Å². The SMILES string of the molecule is O=C(/C=C/c1ccc(S(=O)(=O)N2CCOCC2)cc1)Nc1ccccc1-c1nc2ccccc2[nH]1. The lowest BCUT2D eigenvalue weighted by molar-refractivity contribution is -0.111. The summed E-state index contributed by atoms with van der Waals surface area (Å²) in [6, 6.07) is 21.7. The van der Waals surface area contributed by atoms with Crippen LogP contribution in [0.1, 0.15) is 5.56 Å². The fraction of sp³-hybridized carbons (Fsp3) is 0.154. The Labute approximate surface area is 203 Å². The predicted molar refractivity (Wildman–Crippen MR) is 135 cm³/mol. The van der Waals surface area contributed by atoms with Crippen molar-refractivity contribution in [3.63, 3.8) is 0 Å². The number of H-pyrrole nitrogens is 1. The molecule has 178 valence electrons. The number of anilines is 1. The maximum atomic E-state index is 12.8. The maximum Gasteiger partial charge on any atom is 0.248 e. The van der Waals surface area contributed by atoms with Crippen LogP contribution in [0.2, 0.25) is 0 Å². The zero-order valence-corrected chi connectivity index (χ0v) is 19.7. The van der Waals surface area contributed by atoms with Gasteiger partial charge in [0.05, 0.1) is 34.8 Å². The van der Waals surface area contributed by atoms with Gasteiger partial charge in [0.2, 0.25) is 15.9 Å². The molecule has 0 unspecified atom stereocenters. The van der Waals surface area contributed by atoms with Gasteiger partial charge in [-0.3, -0.25) is 4.79 Å². The number of carbonyl (C=O) groups excluding carboxylic acids is 1. The molecule has 0 radical (unpaired) electrons. The molecule has 0 bridgehead atoms. The Balaban J connectivity index is 1.29. The third-order valence-corrected chi connectivity index (χ3v) is 7.66. The highest BCUT2D eigenvalue weighted by Crippen LogP contribution is 2.27. The van der Waals surface area contributed by atoms with Gasteiger partial charge in [-0.15, -0.1) is 0 Å². The van der Waals surface area contributed by atoms with E-state index in [1.807, 2.05) is 48.5 Å². The van der Waals surface area contributed by atoms with Crippen LogP contribution in [0.15, 0.2) is 83.8 Å². The van der Waals surface area contributed by atoms with Gasteiger partial charge in [0.15, 0.2) is 0 Å². The van der Waals surface area contributed by atoms with Crippen LogP contribution in [-0.4, -0.2) is 54.9 Å². The Kier molecular flexibility index (Phi) is 6.45. The molecule has 1 saturated heterocycles. The maximum absolute atomic E-state index is 12.8. The van der Waals surface area contributed by atoms with Crippen LogP contribution < -0.4 is 5.32 Å². The van der Waals surface area contributed by atoms with Gasteiger partial charge < -0.3 is 15.0 Å². The summed E-state index contributed by atoms with van der Waals surface area (Å²) < 4.78 is 32.2. The van der Waals surface area contributed by atoms with E-state index in [0.29, 0.717) is 43.4 Å². The molecule has 1 aliphatic heterocycles. The van der Waals surface area contributed by atoms with Crippen molar-refractivity contribution in [2.75, 3.05) is 31.6 Å². The predicted octanol–water partition coefficient (Wildman–Crippen LogP) is 3.90. The highest BCUT2D eigenvalue weighted by molar-refractivity contribution is 7.89. The first kappa shape index (κ1) is 23.0. The Morgan fingerprint density at radius 3 is 2.46 bits per heavy atom. The van der Waals surface area contributed by atoms with Gasteiger partial charge in [-0.2, -0.15) is 4.31 Å². The fourth-order valence-corrected chi connectivity index (χ4v) is 5.32. The Morgan fingerprint density at radius 2 is 1.69 bits per heavy atom. The fourth-order valence-electron chi connectivity index (χ4n) is 3.91. The zero-order chi connectivity index (χ0) is 24.3. The first-order valence-corrected chi connectivity index (χ1v) is 12.7. The highest BCUT2D eigenvalue weighted by Gasteiger charge is 2.26. The summed E-state index contributed by atoms with van der Waals surface area (Å²) in [7, 11) is -3.55. The largest absolute Gasteiger partial charge is 0.379 e. The normalized spacial score (nSPS) is 15.0. The van der Waals surface area contributed by atoms with Gasteiger partial charge in [0.25, 0.3) is 0 Å². The number of para-hydroxylation sites is 3. The van der Waals surface area contributed by atoms with Crippen LogP contribution in [0.25, 0.3) is 28.5 Å². The van der Waals surface area contributed by atoms with Crippen molar-refractivity contribution in [3.05, 3.63) is 84.4 Å². The van der Waals surface area contributed by atoms with E-state index in [-0.39, 0.29) is 10.8 Å². The van der Waals surface area contributed by atoms with Crippen molar-refractivity contribution in [1.82, 2.24) is 14.3 Å². The number of imidazole rings is 1. The van der Waals surface area contributed by atoms with Gasteiger partial charge >= 0.3 is 0 Å². The van der Waals surface area contributed by atoms with Gasteiger partial charge in [0, 0.05) is 24.7 Å². The van der Waals surface area contributed by atoms with E-state index in [1.165, 1.54) is 10.4 Å². The topological polar surface area (TPSA) is 104 Å². The van der Waals surface area contributed by atoms with Gasteiger partial charge in [0.1, 0.15) is 5.82 Å². The molecular weight excluding hydrogens is 464 g/mol. The van der Waals surface area contributed by atoms with Crippen LogP contribution in [-0.2, 0) is 19.6 Å². The number of sulfonamides is 1. The molecule has 1 fully saturated rings. The molecular formula is C26H24N4O4S. The van der Waals surface area contributed by atoms with E-state index in [2.05, 4.69) is 15.3 Å². The molecule has 1 amide bonds. The third kappa shape index (κ3) is 5.02. The first-order chi connectivity index (χ1) is 17.0. The smallest absolute Gasteiger partial charge is 0.248 e. The number of ether oxygens (including phenoxy) is 1. The number of aromatic amines is 1. The van der Waals surface area contributed by atoms with Crippen molar-refractivity contribution in [2.24, 2.45) is 0 Å². The summed E-state index contributed by atoms with van der Waals surface area (Å²) >= 11 is 0. The minimum absolute atomic E-state index is 0.223. The van der Waals surface area contributed by atoms with Gasteiger partial charge in [-0.05, 0) is 48.0 Å². The standard InChI is InChI=1S/C26H24N4O4S/c31-25(14-11-19-9-12-20(13-10-19)35(32,33)30-15-17-34-18-16-30)27-22-6-2-1-5-21(22)26-28-23-7-3-4-8-24(23)29-26/h1-14H,15-18H2,(H,27,31)(H,28,29)/b14-11+. The summed E-state index contributed by atoms with van der Waals surface area (Å²) in [4.78, 5) is 20.8. The number of nitrogens with one attached hydrogen (secondary N) is 2. The lowest BCUT2D eigenvalue weighted by Crippen LogP contribution is -2.40. The Morgan fingerprint density at radius 1 is 0.971 bits per heavy atom. The number of morpholine rings is 1. The van der Waals surface area contributed by atoms with Gasteiger partial charge in [-0.1, -0.05) is 36.4 Å². The van der Waals surface area contributed by atoms with E-state index in [4.69, 9.17) is 4.74 Å². The number of rotatable bonds is 6. The zero-order valence-electron chi connectivity index (χ0n) is 18.8.